The monoisotopic (exact) mass is 278 g/mol. The average molecular weight is 280 g/mol. The van der Waals surface area contributed by atoms with Crippen molar-refractivity contribution in [2.24, 2.45) is 0 Å². The quantitative estimate of drug-likeness (QED) is 0.638. The summed E-state index contributed by atoms with van der Waals surface area (Å²) in [7, 11) is 0. The molecule has 1 heteroatoms. The van der Waals surface area contributed by atoms with Crippen molar-refractivity contribution in [3.63, 3.8) is 0 Å². The first kappa shape index (κ1) is 19.9. The summed E-state index contributed by atoms with van der Waals surface area (Å²) in [6.07, 6.45) is 0. The molecule has 0 aliphatic carbocycles. The molecule has 0 bridgehead atoms. The summed E-state index contributed by atoms with van der Waals surface area (Å²) in [6.45, 7) is 2.04. The summed E-state index contributed by atoms with van der Waals surface area (Å²) in [4.78, 5) is 0. The molecule has 84 valence electrons. The van der Waals surface area contributed by atoms with Crippen LogP contribution in [0.2, 0.25) is 0 Å². The van der Waals surface area contributed by atoms with Gasteiger partial charge in [-0.2, -0.15) is 36.4 Å². The number of hydrogen-bond donors (Lipinski definition) is 0. The molecule has 15 heavy (non-hydrogen) atoms. The van der Waals surface area contributed by atoms with Gasteiger partial charge in [-0.15, -0.1) is 0 Å². The van der Waals surface area contributed by atoms with Gasteiger partial charge in [0.25, 0.3) is 0 Å². The molecule has 2 rings (SSSR count). The summed E-state index contributed by atoms with van der Waals surface area (Å²) in [6, 6.07) is 20.0. The molecule has 0 heterocycles. The predicted molar refractivity (Wildman–Crippen MR) is 68.6 cm³/mol. The fraction of sp³-hybridized carbons (Fsp3) is 0.0714. The first-order valence-electron chi connectivity index (χ1n) is 4.20. The van der Waals surface area contributed by atoms with Crippen LogP contribution in [0.4, 0.5) is 0 Å². The molecular weight excluding hydrogens is 259 g/mol. The van der Waals surface area contributed by atoms with Gasteiger partial charge < -0.3 is 14.9 Å². The summed E-state index contributed by atoms with van der Waals surface area (Å²) in [5, 5.41) is 0. The standard InChI is InChI=1S/2C5H5.C2H4.2CH3.Zr/c2*1-2-4-5-3-1;1-2;;;/h2*1-5H;1H,2H3;2*1H3;/q2*-1;;2*-1;. The fourth-order valence-electron chi connectivity index (χ4n) is 0.642. The zero-order valence-electron chi connectivity index (χ0n) is 9.85. The Hall–Kier alpha value is -0.547. The number of hydrogen-bond acceptors (Lipinski definition) is 0. The van der Waals surface area contributed by atoms with Crippen LogP contribution in [-0.2, 0) is 24.2 Å². The van der Waals surface area contributed by atoms with E-state index in [9.17, 15) is 0 Å². The van der Waals surface area contributed by atoms with Crippen LogP contribution in [0.5, 0.6) is 0 Å². The van der Waals surface area contributed by atoms with E-state index in [4.69, 9.17) is 0 Å². The molecule has 0 amide bonds. The fourth-order valence-corrected chi connectivity index (χ4v) is 0.642. The summed E-state index contributed by atoms with van der Waals surface area (Å²) in [5.74, 6) is 0. The van der Waals surface area contributed by atoms with Crippen molar-refractivity contribution in [1.82, 2.24) is 0 Å². The smallest absolute Gasteiger partial charge is 0.172 e. The summed E-state index contributed by atoms with van der Waals surface area (Å²) in [5.41, 5.74) is 0. The molecule has 0 aliphatic rings. The molecule has 0 saturated carbocycles. The van der Waals surface area contributed by atoms with Crippen LogP contribution in [0, 0.1) is 14.9 Å². The van der Waals surface area contributed by atoms with Crippen LogP contribution in [-0.4, -0.2) is 3.71 Å². The minimum Gasteiger partial charge on any atom is -0.358 e. The van der Waals surface area contributed by atoms with Crippen LogP contribution < -0.4 is 0 Å². The zero-order chi connectivity index (χ0) is 9.78. The van der Waals surface area contributed by atoms with Crippen LogP contribution in [0.3, 0.4) is 0 Å². The van der Waals surface area contributed by atoms with Crippen molar-refractivity contribution in [2.45, 2.75) is 6.92 Å². The zero-order valence-corrected chi connectivity index (χ0v) is 12.3. The third kappa shape index (κ3) is 19.7. The van der Waals surface area contributed by atoms with Crippen molar-refractivity contribution in [3.8, 4) is 0 Å². The topological polar surface area (TPSA) is 0 Å². The average Bonchev–Trinajstić information content (AvgIpc) is 2.85. The maximum absolute atomic E-state index is 2.09. The van der Waals surface area contributed by atoms with Crippen LogP contribution in [0.1, 0.15) is 6.92 Å². The maximum atomic E-state index is 2.09. The molecule has 2 aromatic carbocycles. The minimum atomic E-state index is 0. The van der Waals surface area contributed by atoms with Crippen molar-refractivity contribution in [2.75, 3.05) is 0 Å². The number of rotatable bonds is 0. The van der Waals surface area contributed by atoms with Crippen molar-refractivity contribution < 1.29 is 24.2 Å². The van der Waals surface area contributed by atoms with Gasteiger partial charge in [-0.05, 0) is 0 Å². The van der Waals surface area contributed by atoms with Crippen molar-refractivity contribution >= 4 is 3.71 Å². The first-order valence-corrected chi connectivity index (χ1v) is 5.62. The third-order valence-corrected chi connectivity index (χ3v) is 1.11. The van der Waals surface area contributed by atoms with Crippen LogP contribution in [0.25, 0.3) is 0 Å². The third-order valence-electron chi connectivity index (χ3n) is 1.11. The van der Waals surface area contributed by atoms with Gasteiger partial charge in [-0.25, -0.2) is 24.3 Å². The van der Waals surface area contributed by atoms with E-state index in [0.717, 1.165) is 0 Å². The Labute approximate surface area is 110 Å². The maximum Gasteiger partial charge on any atom is -0.172 e. The van der Waals surface area contributed by atoms with E-state index in [2.05, 4.69) is 3.71 Å². The van der Waals surface area contributed by atoms with Gasteiger partial charge >= 0.3 is 34.9 Å². The van der Waals surface area contributed by atoms with E-state index >= 15 is 0 Å². The van der Waals surface area contributed by atoms with Gasteiger partial charge in [0.2, 0.25) is 0 Å². The Morgan fingerprint density at radius 1 is 0.800 bits per heavy atom. The van der Waals surface area contributed by atoms with E-state index < -0.39 is 0 Å². The molecule has 0 N–H and O–H groups in total. The molecule has 0 spiro atoms. The van der Waals surface area contributed by atoms with Gasteiger partial charge in [0.05, 0.1) is 0 Å². The van der Waals surface area contributed by atoms with Gasteiger partial charge in [0.1, 0.15) is 0 Å². The van der Waals surface area contributed by atoms with E-state index in [1.54, 1.807) is 0 Å². The van der Waals surface area contributed by atoms with Crippen molar-refractivity contribution in [3.05, 3.63) is 75.5 Å². The molecule has 0 unspecified atom stereocenters. The molecule has 0 aromatic heterocycles. The summed E-state index contributed by atoms with van der Waals surface area (Å²) < 4.78 is 2.09. The Morgan fingerprint density at radius 2 is 1.00 bits per heavy atom. The minimum absolute atomic E-state index is 0. The molecule has 2 aromatic rings. The molecular formula is C14H20Zr-4. The van der Waals surface area contributed by atoms with Gasteiger partial charge in [0.15, 0.2) is 0 Å². The summed E-state index contributed by atoms with van der Waals surface area (Å²) >= 11 is 1.51. The van der Waals surface area contributed by atoms with Gasteiger partial charge in [-0.3, -0.25) is 0 Å². The second kappa shape index (κ2) is 19.1. The van der Waals surface area contributed by atoms with E-state index in [1.807, 2.05) is 67.6 Å². The first-order chi connectivity index (χ1) is 6.41. The van der Waals surface area contributed by atoms with Crippen LogP contribution >= 0.6 is 0 Å². The van der Waals surface area contributed by atoms with Gasteiger partial charge in [-0.1, -0.05) is 0 Å². The SMILES string of the molecule is C[CH]=[Zr].[CH3-].[CH3-].c1cc[cH-]c1.c1cc[cH-]c1. The predicted octanol–water partition coefficient (Wildman–Crippen LogP) is 4.07. The van der Waals surface area contributed by atoms with E-state index in [0.29, 0.717) is 0 Å². The molecule has 0 aliphatic heterocycles. The van der Waals surface area contributed by atoms with E-state index in [-0.39, 0.29) is 14.9 Å². The molecule has 0 atom stereocenters. The molecule has 0 fully saturated rings. The van der Waals surface area contributed by atoms with Crippen LogP contribution in [0.15, 0.2) is 60.7 Å². The Kier molecular flexibility index (Phi) is 25.4. The Morgan fingerprint density at radius 3 is 1.07 bits per heavy atom. The van der Waals surface area contributed by atoms with E-state index in [1.165, 1.54) is 24.2 Å². The molecule has 0 nitrogen and oxygen atoms in total. The Bertz CT molecular complexity index is 180. The molecule has 0 saturated heterocycles. The largest absolute Gasteiger partial charge is 0.358 e. The second-order valence-electron chi connectivity index (χ2n) is 2.21. The Balaban J connectivity index is -0.000000140. The van der Waals surface area contributed by atoms with Gasteiger partial charge in [0, 0.05) is 0 Å². The second-order valence-corrected chi connectivity index (χ2v) is 3.63. The molecule has 0 radical (unpaired) electrons. The normalized spacial score (nSPS) is 6.13. The van der Waals surface area contributed by atoms with Crippen molar-refractivity contribution in [1.29, 1.82) is 0 Å².